The maximum atomic E-state index is 5.40. The fourth-order valence-electron chi connectivity index (χ4n) is 4.68. The van der Waals surface area contributed by atoms with Crippen molar-refractivity contribution in [2.24, 2.45) is 22.7 Å². The van der Waals surface area contributed by atoms with Gasteiger partial charge in [0.25, 0.3) is 0 Å². The van der Waals surface area contributed by atoms with Gasteiger partial charge in [0.15, 0.2) is 5.96 Å². The van der Waals surface area contributed by atoms with E-state index in [9.17, 15) is 0 Å². The number of rotatable bonds is 9. The van der Waals surface area contributed by atoms with E-state index in [0.717, 1.165) is 67.8 Å². The third kappa shape index (κ3) is 5.56. The number of hydrogen-bond donors (Lipinski definition) is 2. The number of ether oxygens (including phenoxy) is 2. The summed E-state index contributed by atoms with van der Waals surface area (Å²) in [6.07, 6.45) is 6.86. The topological polar surface area (TPSA) is 58.1 Å². The Balaban J connectivity index is 1.25. The smallest absolute Gasteiger partial charge is 0.191 e. The Bertz CT molecular complexity index is 681. The molecule has 160 valence electrons. The van der Waals surface area contributed by atoms with E-state index in [0.29, 0.717) is 6.04 Å². The van der Waals surface area contributed by atoms with Crippen LogP contribution in [0.25, 0.3) is 0 Å². The standard InChI is InChI=1S/C23H36N4O2/c1-24-23(25-13-22(17-4-5-17)18-6-7-18)26-19-8-9-27(15-19)14-16-10-20(28-2)12-21(11-16)29-3/h10-12,17-19,22H,4-9,13-15H2,1-3H3,(H2,24,25,26). The average Bonchev–Trinajstić information content (AvgIpc) is 3.67. The molecule has 1 saturated heterocycles. The molecule has 4 rings (SSSR count). The Morgan fingerprint density at radius 3 is 2.28 bits per heavy atom. The molecule has 1 unspecified atom stereocenters. The van der Waals surface area contributed by atoms with Crippen molar-refractivity contribution in [1.29, 1.82) is 0 Å². The van der Waals surface area contributed by atoms with Crippen molar-refractivity contribution in [3.05, 3.63) is 23.8 Å². The number of guanidine groups is 1. The number of methoxy groups -OCH3 is 2. The minimum absolute atomic E-state index is 0.439. The fourth-order valence-corrected chi connectivity index (χ4v) is 4.68. The summed E-state index contributed by atoms with van der Waals surface area (Å²) in [6.45, 7) is 4.09. The van der Waals surface area contributed by atoms with Crippen molar-refractivity contribution >= 4 is 5.96 Å². The minimum atomic E-state index is 0.439. The van der Waals surface area contributed by atoms with Crippen molar-refractivity contribution in [2.45, 2.75) is 44.7 Å². The van der Waals surface area contributed by atoms with Gasteiger partial charge in [0.2, 0.25) is 0 Å². The van der Waals surface area contributed by atoms with Gasteiger partial charge in [0.1, 0.15) is 11.5 Å². The first-order valence-corrected chi connectivity index (χ1v) is 11.1. The Morgan fingerprint density at radius 2 is 1.72 bits per heavy atom. The van der Waals surface area contributed by atoms with Crippen LogP contribution in [0.5, 0.6) is 11.5 Å². The normalized spacial score (nSPS) is 22.8. The van der Waals surface area contributed by atoms with Gasteiger partial charge in [0.05, 0.1) is 14.2 Å². The zero-order chi connectivity index (χ0) is 20.2. The van der Waals surface area contributed by atoms with Crippen molar-refractivity contribution in [3.63, 3.8) is 0 Å². The molecule has 0 radical (unpaired) electrons. The summed E-state index contributed by atoms with van der Waals surface area (Å²) in [7, 11) is 5.28. The van der Waals surface area contributed by atoms with Crippen LogP contribution < -0.4 is 20.1 Å². The van der Waals surface area contributed by atoms with E-state index in [1.807, 2.05) is 13.1 Å². The molecule has 0 bridgehead atoms. The number of likely N-dealkylation sites (tertiary alicyclic amines) is 1. The lowest BCUT2D eigenvalue weighted by Crippen LogP contribution is -2.46. The first-order chi connectivity index (χ1) is 14.2. The van der Waals surface area contributed by atoms with Crippen LogP contribution in [0.15, 0.2) is 23.2 Å². The molecular weight excluding hydrogens is 364 g/mol. The van der Waals surface area contributed by atoms with Crippen molar-refractivity contribution in [2.75, 3.05) is 40.9 Å². The fraction of sp³-hybridized carbons (Fsp3) is 0.696. The van der Waals surface area contributed by atoms with Crippen LogP contribution in [-0.2, 0) is 6.54 Å². The second kappa shape index (κ2) is 9.24. The molecule has 2 aliphatic carbocycles. The number of nitrogens with one attached hydrogen (secondary N) is 2. The van der Waals surface area contributed by atoms with Crippen LogP contribution in [0.1, 0.15) is 37.7 Å². The number of aliphatic imine (C=N–C) groups is 1. The summed E-state index contributed by atoms with van der Waals surface area (Å²) in [6, 6.07) is 6.55. The number of benzene rings is 1. The summed E-state index contributed by atoms with van der Waals surface area (Å²) in [5.41, 5.74) is 1.22. The first-order valence-electron chi connectivity index (χ1n) is 11.1. The van der Waals surface area contributed by atoms with E-state index in [1.165, 1.54) is 31.2 Å². The van der Waals surface area contributed by atoms with E-state index in [2.05, 4.69) is 32.7 Å². The summed E-state index contributed by atoms with van der Waals surface area (Å²) in [4.78, 5) is 6.96. The van der Waals surface area contributed by atoms with Gasteiger partial charge in [-0.25, -0.2) is 0 Å². The van der Waals surface area contributed by atoms with Crippen LogP contribution >= 0.6 is 0 Å². The number of nitrogens with zero attached hydrogens (tertiary/aromatic N) is 2. The summed E-state index contributed by atoms with van der Waals surface area (Å²) >= 11 is 0. The van der Waals surface area contributed by atoms with Crippen molar-refractivity contribution in [3.8, 4) is 11.5 Å². The predicted octanol–water partition coefficient (Wildman–Crippen LogP) is 2.88. The predicted molar refractivity (Wildman–Crippen MR) is 117 cm³/mol. The maximum absolute atomic E-state index is 5.40. The summed E-state index contributed by atoms with van der Waals surface area (Å²) in [5.74, 6) is 5.45. The Labute approximate surface area is 175 Å². The third-order valence-electron chi connectivity index (χ3n) is 6.61. The van der Waals surface area contributed by atoms with E-state index in [-0.39, 0.29) is 0 Å². The third-order valence-corrected chi connectivity index (χ3v) is 6.61. The SMILES string of the molecule is CN=C(NCC(C1CC1)C1CC1)NC1CCN(Cc2cc(OC)cc(OC)c2)C1. The molecule has 3 fully saturated rings. The van der Waals surface area contributed by atoms with Crippen LogP contribution in [0.4, 0.5) is 0 Å². The molecule has 1 atom stereocenters. The van der Waals surface area contributed by atoms with Crippen LogP contribution in [-0.4, -0.2) is 57.8 Å². The highest BCUT2D eigenvalue weighted by atomic mass is 16.5. The molecule has 3 aliphatic rings. The Hall–Kier alpha value is -1.95. The molecule has 2 saturated carbocycles. The Kier molecular flexibility index (Phi) is 6.48. The zero-order valence-corrected chi connectivity index (χ0v) is 18.1. The molecule has 1 aromatic carbocycles. The molecule has 29 heavy (non-hydrogen) atoms. The summed E-state index contributed by atoms with van der Waals surface area (Å²) in [5, 5.41) is 7.27. The van der Waals surface area contributed by atoms with Gasteiger partial charge < -0.3 is 20.1 Å². The molecule has 0 amide bonds. The van der Waals surface area contributed by atoms with Gasteiger partial charge in [-0.1, -0.05) is 0 Å². The molecule has 0 spiro atoms. The highest BCUT2D eigenvalue weighted by Gasteiger charge is 2.41. The van der Waals surface area contributed by atoms with E-state index >= 15 is 0 Å². The van der Waals surface area contributed by atoms with E-state index in [1.54, 1.807) is 14.2 Å². The van der Waals surface area contributed by atoms with Crippen LogP contribution in [0, 0.1) is 17.8 Å². The van der Waals surface area contributed by atoms with E-state index < -0.39 is 0 Å². The molecular formula is C23H36N4O2. The highest BCUT2D eigenvalue weighted by molar-refractivity contribution is 5.80. The first kappa shape index (κ1) is 20.3. The van der Waals surface area contributed by atoms with Crippen molar-refractivity contribution in [1.82, 2.24) is 15.5 Å². The molecule has 2 N–H and O–H groups in total. The lowest BCUT2D eigenvalue weighted by atomic mass is 9.98. The van der Waals surface area contributed by atoms with Gasteiger partial charge in [-0.15, -0.1) is 0 Å². The van der Waals surface area contributed by atoms with Gasteiger partial charge in [-0.05, 0) is 67.6 Å². The minimum Gasteiger partial charge on any atom is -0.497 e. The van der Waals surface area contributed by atoms with Gasteiger partial charge in [-0.2, -0.15) is 0 Å². The quantitative estimate of drug-likeness (QED) is 0.493. The largest absolute Gasteiger partial charge is 0.497 e. The molecule has 6 nitrogen and oxygen atoms in total. The average molecular weight is 401 g/mol. The van der Waals surface area contributed by atoms with Gasteiger partial charge in [0, 0.05) is 45.3 Å². The monoisotopic (exact) mass is 400 g/mol. The zero-order valence-electron chi connectivity index (χ0n) is 18.1. The maximum Gasteiger partial charge on any atom is 0.191 e. The second-order valence-electron chi connectivity index (χ2n) is 8.88. The highest BCUT2D eigenvalue weighted by Crippen LogP contribution is 2.48. The number of hydrogen-bond acceptors (Lipinski definition) is 4. The van der Waals surface area contributed by atoms with Gasteiger partial charge in [-0.3, -0.25) is 9.89 Å². The lowest BCUT2D eigenvalue weighted by Gasteiger charge is -2.22. The van der Waals surface area contributed by atoms with E-state index in [4.69, 9.17) is 9.47 Å². The summed E-state index contributed by atoms with van der Waals surface area (Å²) < 4.78 is 10.8. The molecule has 1 heterocycles. The second-order valence-corrected chi connectivity index (χ2v) is 8.88. The molecule has 1 aromatic rings. The van der Waals surface area contributed by atoms with Crippen LogP contribution in [0.3, 0.4) is 0 Å². The molecule has 6 heteroatoms. The lowest BCUT2D eigenvalue weighted by molar-refractivity contribution is 0.321. The van der Waals surface area contributed by atoms with Crippen LogP contribution in [0.2, 0.25) is 0 Å². The Morgan fingerprint density at radius 1 is 1.07 bits per heavy atom. The van der Waals surface area contributed by atoms with Gasteiger partial charge >= 0.3 is 0 Å². The molecule has 1 aliphatic heterocycles. The van der Waals surface area contributed by atoms with Crippen molar-refractivity contribution < 1.29 is 9.47 Å². The molecule has 0 aromatic heterocycles.